The Morgan fingerprint density at radius 2 is 2.07 bits per heavy atom. The summed E-state index contributed by atoms with van der Waals surface area (Å²) in [5.74, 6) is 1.09. The third-order valence-electron chi connectivity index (χ3n) is 3.43. The molecular weight excluding hydrogens is 174 g/mol. The van der Waals surface area contributed by atoms with Crippen LogP contribution in [0.1, 0.15) is 25.3 Å². The predicted molar refractivity (Wildman–Crippen MR) is 55.8 cm³/mol. The van der Waals surface area contributed by atoms with E-state index in [0.29, 0.717) is 11.8 Å². The number of rotatable bonds is 2. The van der Waals surface area contributed by atoms with E-state index in [0.717, 1.165) is 19.3 Å². The Balaban J connectivity index is 1.99. The van der Waals surface area contributed by atoms with Crippen LogP contribution in [0.4, 0.5) is 0 Å². The van der Waals surface area contributed by atoms with E-state index in [4.69, 9.17) is 0 Å². The zero-order valence-corrected chi connectivity index (χ0v) is 8.56. The number of aromatic nitrogens is 1. The van der Waals surface area contributed by atoms with Gasteiger partial charge in [0.1, 0.15) is 0 Å². The van der Waals surface area contributed by atoms with Gasteiger partial charge < -0.3 is 5.11 Å². The van der Waals surface area contributed by atoms with Gasteiger partial charge in [-0.25, -0.2) is 0 Å². The van der Waals surface area contributed by atoms with Gasteiger partial charge in [-0.2, -0.15) is 0 Å². The highest BCUT2D eigenvalue weighted by Crippen LogP contribution is 2.33. The van der Waals surface area contributed by atoms with Crippen molar-refractivity contribution >= 4 is 0 Å². The molecule has 76 valence electrons. The zero-order valence-electron chi connectivity index (χ0n) is 8.56. The van der Waals surface area contributed by atoms with Crippen LogP contribution in [0.5, 0.6) is 0 Å². The van der Waals surface area contributed by atoms with Gasteiger partial charge in [-0.3, -0.25) is 4.98 Å². The van der Waals surface area contributed by atoms with E-state index in [9.17, 15) is 5.11 Å². The lowest BCUT2D eigenvalue weighted by molar-refractivity contribution is 0.127. The van der Waals surface area contributed by atoms with E-state index >= 15 is 0 Å². The summed E-state index contributed by atoms with van der Waals surface area (Å²) < 4.78 is 0. The summed E-state index contributed by atoms with van der Waals surface area (Å²) in [4.78, 5) is 4.00. The van der Waals surface area contributed by atoms with Gasteiger partial charge in [0, 0.05) is 12.4 Å². The maximum absolute atomic E-state index is 9.63. The average molecular weight is 191 g/mol. The van der Waals surface area contributed by atoms with Crippen molar-refractivity contribution < 1.29 is 5.11 Å². The number of hydrogen-bond donors (Lipinski definition) is 1. The molecule has 2 nitrogen and oxygen atoms in total. The van der Waals surface area contributed by atoms with Crippen molar-refractivity contribution in [2.45, 2.75) is 32.3 Å². The van der Waals surface area contributed by atoms with E-state index < -0.39 is 0 Å². The van der Waals surface area contributed by atoms with Crippen LogP contribution in [0.2, 0.25) is 0 Å². The Hall–Kier alpha value is -0.890. The van der Waals surface area contributed by atoms with Crippen molar-refractivity contribution in [2.24, 2.45) is 11.8 Å². The molecule has 1 aromatic rings. The number of aliphatic hydroxyl groups excluding tert-OH is 1. The maximum atomic E-state index is 9.63. The lowest BCUT2D eigenvalue weighted by atomic mass is 9.91. The molecule has 3 unspecified atom stereocenters. The molecule has 1 heterocycles. The van der Waals surface area contributed by atoms with Crippen molar-refractivity contribution in [3.63, 3.8) is 0 Å². The van der Waals surface area contributed by atoms with Crippen molar-refractivity contribution in [1.29, 1.82) is 0 Å². The van der Waals surface area contributed by atoms with Crippen molar-refractivity contribution in [3.8, 4) is 0 Å². The lowest BCUT2D eigenvalue weighted by Crippen LogP contribution is -2.16. The highest BCUT2D eigenvalue weighted by molar-refractivity contribution is 5.11. The van der Waals surface area contributed by atoms with Crippen LogP contribution in [0.25, 0.3) is 0 Å². The minimum absolute atomic E-state index is 0.0816. The van der Waals surface area contributed by atoms with Crippen LogP contribution in [-0.2, 0) is 6.42 Å². The van der Waals surface area contributed by atoms with Crippen molar-refractivity contribution in [1.82, 2.24) is 4.98 Å². The quantitative estimate of drug-likeness (QED) is 0.776. The van der Waals surface area contributed by atoms with Crippen LogP contribution in [-0.4, -0.2) is 16.2 Å². The summed E-state index contributed by atoms with van der Waals surface area (Å²) >= 11 is 0. The molecule has 14 heavy (non-hydrogen) atoms. The molecule has 1 aliphatic carbocycles. The van der Waals surface area contributed by atoms with E-state index in [-0.39, 0.29) is 6.10 Å². The third kappa shape index (κ3) is 1.95. The Morgan fingerprint density at radius 3 is 2.64 bits per heavy atom. The largest absolute Gasteiger partial charge is 0.393 e. The van der Waals surface area contributed by atoms with Crippen LogP contribution in [0.3, 0.4) is 0 Å². The molecular formula is C12H17NO. The molecule has 2 rings (SSSR count). The van der Waals surface area contributed by atoms with Gasteiger partial charge in [0.05, 0.1) is 6.10 Å². The lowest BCUT2D eigenvalue weighted by Gasteiger charge is -2.17. The topological polar surface area (TPSA) is 33.1 Å². The second kappa shape index (κ2) is 4.09. The van der Waals surface area contributed by atoms with E-state index in [1.807, 2.05) is 12.4 Å². The molecule has 1 fully saturated rings. The molecule has 2 heteroatoms. The number of nitrogens with zero attached hydrogens (tertiary/aromatic N) is 1. The van der Waals surface area contributed by atoms with Crippen molar-refractivity contribution in [2.75, 3.05) is 0 Å². The first kappa shape index (κ1) is 9.66. The van der Waals surface area contributed by atoms with Gasteiger partial charge in [-0.15, -0.1) is 0 Å². The second-order valence-corrected chi connectivity index (χ2v) is 4.32. The van der Waals surface area contributed by atoms with Gasteiger partial charge in [0.25, 0.3) is 0 Å². The molecule has 1 saturated carbocycles. The van der Waals surface area contributed by atoms with Crippen LogP contribution in [0.15, 0.2) is 24.5 Å². The van der Waals surface area contributed by atoms with Crippen LogP contribution in [0, 0.1) is 11.8 Å². The highest BCUT2D eigenvalue weighted by atomic mass is 16.3. The fourth-order valence-corrected chi connectivity index (χ4v) is 2.33. The number of aliphatic hydroxyl groups is 1. The minimum Gasteiger partial charge on any atom is -0.393 e. The molecule has 0 bridgehead atoms. The molecule has 1 N–H and O–H groups in total. The molecule has 0 spiro atoms. The molecule has 0 aliphatic heterocycles. The fraction of sp³-hybridized carbons (Fsp3) is 0.583. The van der Waals surface area contributed by atoms with Gasteiger partial charge in [-0.1, -0.05) is 6.92 Å². The first-order chi connectivity index (χ1) is 6.77. The van der Waals surface area contributed by atoms with Gasteiger partial charge >= 0.3 is 0 Å². The number of hydrogen-bond acceptors (Lipinski definition) is 2. The third-order valence-corrected chi connectivity index (χ3v) is 3.43. The van der Waals surface area contributed by atoms with Gasteiger partial charge in [-0.05, 0) is 48.8 Å². The molecule has 0 amide bonds. The number of pyridine rings is 1. The standard InChI is InChI=1S/C12H17NO/c1-9-11(2-3-12(9)14)8-10-4-6-13-7-5-10/h4-7,9,11-12,14H,2-3,8H2,1H3. The first-order valence-corrected chi connectivity index (χ1v) is 5.34. The minimum atomic E-state index is -0.0816. The van der Waals surface area contributed by atoms with Crippen LogP contribution < -0.4 is 0 Å². The summed E-state index contributed by atoms with van der Waals surface area (Å²) in [5, 5.41) is 9.63. The molecule has 0 aromatic carbocycles. The Bertz CT molecular complexity index is 286. The average Bonchev–Trinajstić information content (AvgIpc) is 2.52. The molecule has 0 radical (unpaired) electrons. The molecule has 3 atom stereocenters. The smallest absolute Gasteiger partial charge is 0.0568 e. The summed E-state index contributed by atoms with van der Waals surface area (Å²) in [6.07, 6.45) is 6.81. The Labute approximate surface area is 85.0 Å². The summed E-state index contributed by atoms with van der Waals surface area (Å²) in [6.45, 7) is 2.16. The molecule has 1 aliphatic rings. The maximum Gasteiger partial charge on any atom is 0.0568 e. The van der Waals surface area contributed by atoms with E-state index in [2.05, 4.69) is 24.0 Å². The molecule has 1 aromatic heterocycles. The SMILES string of the molecule is CC1C(O)CCC1Cc1ccncc1. The highest BCUT2D eigenvalue weighted by Gasteiger charge is 2.30. The molecule has 0 saturated heterocycles. The zero-order chi connectivity index (χ0) is 9.97. The second-order valence-electron chi connectivity index (χ2n) is 4.32. The first-order valence-electron chi connectivity index (χ1n) is 5.34. The van der Waals surface area contributed by atoms with Gasteiger partial charge in [0.15, 0.2) is 0 Å². The summed E-state index contributed by atoms with van der Waals surface area (Å²) in [7, 11) is 0. The van der Waals surface area contributed by atoms with E-state index in [1.165, 1.54) is 5.56 Å². The van der Waals surface area contributed by atoms with Gasteiger partial charge in [0.2, 0.25) is 0 Å². The Kier molecular flexibility index (Phi) is 2.82. The summed E-state index contributed by atoms with van der Waals surface area (Å²) in [6, 6.07) is 4.13. The van der Waals surface area contributed by atoms with E-state index in [1.54, 1.807) is 0 Å². The normalized spacial score (nSPS) is 32.0. The van der Waals surface area contributed by atoms with Crippen molar-refractivity contribution in [3.05, 3.63) is 30.1 Å². The monoisotopic (exact) mass is 191 g/mol. The predicted octanol–water partition coefficient (Wildman–Crippen LogP) is 2.03. The van der Waals surface area contributed by atoms with Crippen LogP contribution >= 0.6 is 0 Å². The Morgan fingerprint density at radius 1 is 1.36 bits per heavy atom. The summed E-state index contributed by atoms with van der Waals surface area (Å²) in [5.41, 5.74) is 1.34. The fourth-order valence-electron chi connectivity index (χ4n) is 2.33.